The second-order valence-electron chi connectivity index (χ2n) is 4.59. The third kappa shape index (κ3) is 2.43. The maximum absolute atomic E-state index is 11.2. The topological polar surface area (TPSA) is 30.0 Å². The normalized spacial score (nSPS) is 10.7. The summed E-state index contributed by atoms with van der Waals surface area (Å²) in [7, 11) is 0. The summed E-state index contributed by atoms with van der Waals surface area (Å²) in [4.78, 5) is 15.2. The van der Waals surface area contributed by atoms with Crippen molar-refractivity contribution in [1.82, 2.24) is 4.98 Å². The minimum atomic E-state index is -0.341. The summed E-state index contributed by atoms with van der Waals surface area (Å²) >= 11 is 5.52. The lowest BCUT2D eigenvalue weighted by Crippen LogP contribution is -1.95. The number of benzene rings is 2. The molecule has 3 aromatic rings. The molecule has 0 bridgehead atoms. The van der Waals surface area contributed by atoms with Gasteiger partial charge in [-0.2, -0.15) is 0 Å². The van der Waals surface area contributed by atoms with Gasteiger partial charge in [0.05, 0.1) is 0 Å². The summed E-state index contributed by atoms with van der Waals surface area (Å²) < 4.78 is 0. The molecule has 0 N–H and O–H groups in total. The molecule has 0 fully saturated rings. The van der Waals surface area contributed by atoms with Gasteiger partial charge in [-0.05, 0) is 51.2 Å². The van der Waals surface area contributed by atoms with Gasteiger partial charge in [0.25, 0.3) is 0 Å². The Labute approximate surface area is 122 Å². The van der Waals surface area contributed by atoms with Crippen molar-refractivity contribution in [1.29, 1.82) is 0 Å². The van der Waals surface area contributed by atoms with Crippen LogP contribution in [0.1, 0.15) is 5.56 Å². The summed E-state index contributed by atoms with van der Waals surface area (Å²) in [6.45, 7) is 0. The molecule has 2 nitrogen and oxygen atoms in total. The zero-order valence-corrected chi connectivity index (χ0v) is 11.5. The lowest BCUT2D eigenvalue weighted by molar-refractivity contribution is -0.111. The molecule has 0 aliphatic carbocycles. The standard InChI is InChI=1S/C17H12ClNO/c18-17(20)11-13-5-6-15(12-7-9-19-10-8-12)16-4-2-1-3-14(13)16/h1-10H,11H2. The molecule has 0 unspecified atom stereocenters. The molecular formula is C17H12ClNO. The third-order valence-corrected chi connectivity index (χ3v) is 3.47. The molecule has 0 amide bonds. The predicted molar refractivity (Wildman–Crippen MR) is 81.7 cm³/mol. The van der Waals surface area contributed by atoms with Crippen LogP contribution in [0, 0.1) is 0 Å². The van der Waals surface area contributed by atoms with E-state index in [9.17, 15) is 4.79 Å². The van der Waals surface area contributed by atoms with E-state index in [-0.39, 0.29) is 11.7 Å². The van der Waals surface area contributed by atoms with Crippen LogP contribution in [0.2, 0.25) is 0 Å². The van der Waals surface area contributed by atoms with Gasteiger partial charge in [-0.1, -0.05) is 36.4 Å². The fourth-order valence-electron chi connectivity index (χ4n) is 2.45. The summed E-state index contributed by atoms with van der Waals surface area (Å²) in [5.74, 6) is 0. The van der Waals surface area contributed by atoms with Crippen LogP contribution in [0.5, 0.6) is 0 Å². The van der Waals surface area contributed by atoms with Crippen molar-refractivity contribution < 1.29 is 4.79 Å². The molecule has 0 atom stereocenters. The van der Waals surface area contributed by atoms with E-state index in [1.807, 2.05) is 42.5 Å². The molecule has 0 aliphatic heterocycles. The number of nitrogens with zero attached hydrogens (tertiary/aromatic N) is 1. The molecule has 0 saturated carbocycles. The molecule has 98 valence electrons. The Bertz CT molecular complexity index is 768. The van der Waals surface area contributed by atoms with E-state index >= 15 is 0 Å². The first-order chi connectivity index (χ1) is 9.75. The second-order valence-corrected chi connectivity index (χ2v) is 5.01. The highest BCUT2D eigenvalue weighted by atomic mass is 35.5. The average molecular weight is 282 g/mol. The van der Waals surface area contributed by atoms with Crippen molar-refractivity contribution in [2.45, 2.75) is 6.42 Å². The van der Waals surface area contributed by atoms with Gasteiger partial charge in [0, 0.05) is 18.8 Å². The lowest BCUT2D eigenvalue weighted by atomic mass is 9.94. The van der Waals surface area contributed by atoms with E-state index in [0.717, 1.165) is 27.5 Å². The molecule has 0 radical (unpaired) electrons. The van der Waals surface area contributed by atoms with Crippen molar-refractivity contribution in [3.8, 4) is 11.1 Å². The van der Waals surface area contributed by atoms with E-state index in [1.165, 1.54) is 0 Å². The van der Waals surface area contributed by atoms with Gasteiger partial charge in [0.2, 0.25) is 5.24 Å². The number of hydrogen-bond donors (Lipinski definition) is 0. The molecule has 20 heavy (non-hydrogen) atoms. The van der Waals surface area contributed by atoms with Gasteiger partial charge < -0.3 is 0 Å². The monoisotopic (exact) mass is 281 g/mol. The number of carbonyl (C=O) groups is 1. The maximum Gasteiger partial charge on any atom is 0.226 e. The summed E-state index contributed by atoms with van der Waals surface area (Å²) in [6, 6.07) is 16.0. The highest BCUT2D eigenvalue weighted by Crippen LogP contribution is 2.30. The van der Waals surface area contributed by atoms with Crippen molar-refractivity contribution in [2.75, 3.05) is 0 Å². The number of carbonyl (C=O) groups excluding carboxylic acids is 1. The molecule has 0 saturated heterocycles. The first-order valence-corrected chi connectivity index (χ1v) is 6.73. The predicted octanol–water partition coefficient (Wildman–Crippen LogP) is 4.21. The number of aromatic nitrogens is 1. The Morgan fingerprint density at radius 3 is 2.35 bits per heavy atom. The SMILES string of the molecule is O=C(Cl)Cc1ccc(-c2ccncc2)c2ccccc12. The van der Waals surface area contributed by atoms with E-state index in [0.29, 0.717) is 0 Å². The highest BCUT2D eigenvalue weighted by molar-refractivity contribution is 6.63. The number of hydrogen-bond acceptors (Lipinski definition) is 2. The number of fused-ring (bicyclic) bond motifs is 1. The first-order valence-electron chi connectivity index (χ1n) is 6.35. The van der Waals surface area contributed by atoms with E-state index < -0.39 is 0 Å². The van der Waals surface area contributed by atoms with Crippen LogP contribution in [0.25, 0.3) is 21.9 Å². The van der Waals surface area contributed by atoms with Crippen LogP contribution in [0.15, 0.2) is 60.9 Å². The summed E-state index contributed by atoms with van der Waals surface area (Å²) in [6.07, 6.45) is 3.80. The molecular weight excluding hydrogens is 270 g/mol. The lowest BCUT2D eigenvalue weighted by Gasteiger charge is -2.10. The van der Waals surface area contributed by atoms with Gasteiger partial charge in [0.15, 0.2) is 0 Å². The third-order valence-electron chi connectivity index (χ3n) is 3.34. The fraction of sp³-hybridized carbons (Fsp3) is 0.0588. The smallest absolute Gasteiger partial charge is 0.226 e. The van der Waals surface area contributed by atoms with Crippen molar-refractivity contribution in [2.24, 2.45) is 0 Å². The largest absolute Gasteiger partial charge is 0.281 e. The first kappa shape index (κ1) is 12.8. The highest BCUT2D eigenvalue weighted by Gasteiger charge is 2.09. The molecule has 0 aliphatic rings. The number of pyridine rings is 1. The van der Waals surface area contributed by atoms with E-state index in [4.69, 9.17) is 11.6 Å². The number of rotatable bonds is 3. The van der Waals surface area contributed by atoms with Gasteiger partial charge in [-0.15, -0.1) is 0 Å². The Kier molecular flexibility index (Phi) is 3.48. The minimum absolute atomic E-state index is 0.249. The Hall–Kier alpha value is -2.19. The zero-order chi connectivity index (χ0) is 13.9. The molecule has 0 spiro atoms. The van der Waals surface area contributed by atoms with Crippen LogP contribution >= 0.6 is 11.6 Å². The van der Waals surface area contributed by atoms with Gasteiger partial charge in [0.1, 0.15) is 0 Å². The van der Waals surface area contributed by atoms with Gasteiger partial charge in [-0.3, -0.25) is 9.78 Å². The Morgan fingerprint density at radius 2 is 1.65 bits per heavy atom. The minimum Gasteiger partial charge on any atom is -0.281 e. The quantitative estimate of drug-likeness (QED) is 0.673. The summed E-state index contributed by atoms with van der Waals surface area (Å²) in [5.41, 5.74) is 3.20. The van der Waals surface area contributed by atoms with Gasteiger partial charge >= 0.3 is 0 Å². The van der Waals surface area contributed by atoms with Crippen LogP contribution in [-0.4, -0.2) is 10.2 Å². The van der Waals surface area contributed by atoms with Crippen molar-refractivity contribution in [3.63, 3.8) is 0 Å². The molecule has 3 rings (SSSR count). The second kappa shape index (κ2) is 5.43. The summed E-state index contributed by atoms with van der Waals surface area (Å²) in [5, 5.41) is 1.84. The fourth-order valence-corrected chi connectivity index (χ4v) is 2.59. The molecule has 2 aromatic carbocycles. The number of halogens is 1. The van der Waals surface area contributed by atoms with Crippen LogP contribution in [-0.2, 0) is 11.2 Å². The van der Waals surface area contributed by atoms with E-state index in [1.54, 1.807) is 12.4 Å². The Balaban J connectivity index is 2.24. The van der Waals surface area contributed by atoms with Crippen LogP contribution in [0.4, 0.5) is 0 Å². The van der Waals surface area contributed by atoms with Gasteiger partial charge in [-0.25, -0.2) is 0 Å². The molecule has 3 heteroatoms. The zero-order valence-electron chi connectivity index (χ0n) is 10.7. The average Bonchev–Trinajstić information content (AvgIpc) is 2.48. The maximum atomic E-state index is 11.2. The van der Waals surface area contributed by atoms with Crippen LogP contribution < -0.4 is 0 Å². The van der Waals surface area contributed by atoms with Crippen molar-refractivity contribution in [3.05, 3.63) is 66.5 Å². The Morgan fingerprint density at radius 1 is 0.950 bits per heavy atom. The molecule has 1 heterocycles. The van der Waals surface area contributed by atoms with Crippen molar-refractivity contribution >= 4 is 27.6 Å². The molecule has 1 aromatic heterocycles. The van der Waals surface area contributed by atoms with E-state index in [2.05, 4.69) is 11.1 Å². The van der Waals surface area contributed by atoms with Crippen LogP contribution in [0.3, 0.4) is 0 Å².